The van der Waals surface area contributed by atoms with E-state index in [1.54, 1.807) is 0 Å². The molecule has 0 fully saturated rings. The lowest BCUT2D eigenvalue weighted by Gasteiger charge is -1.84. The molecule has 0 atom stereocenters. The van der Waals surface area contributed by atoms with Crippen molar-refractivity contribution in [2.24, 2.45) is 0 Å². The number of hydrogen-bond donors (Lipinski definition) is 0. The fourth-order valence-corrected chi connectivity index (χ4v) is 0.344. The Morgan fingerprint density at radius 2 is 2.17 bits per heavy atom. The van der Waals surface area contributed by atoms with Crippen molar-refractivity contribution in [1.29, 1.82) is 0 Å². The summed E-state index contributed by atoms with van der Waals surface area (Å²) >= 11 is 0. The lowest BCUT2D eigenvalue weighted by molar-refractivity contribution is 0.460. The van der Waals surface area contributed by atoms with Crippen LogP contribution in [0.25, 0.3) is 0 Å². The van der Waals surface area contributed by atoms with E-state index in [0.29, 0.717) is 0 Å². The summed E-state index contributed by atoms with van der Waals surface area (Å²) in [5.41, 5.74) is 0. The van der Waals surface area contributed by atoms with Crippen molar-refractivity contribution in [2.75, 3.05) is 6.67 Å². The molecule has 0 heterocycles. The minimum Gasteiger partial charge on any atom is -0.251 e. The molecule has 0 aromatic carbocycles. The number of alkyl halides is 1. The van der Waals surface area contributed by atoms with Gasteiger partial charge in [-0.2, -0.15) is 0 Å². The van der Waals surface area contributed by atoms with Gasteiger partial charge in [-0.15, -0.1) is 0 Å². The zero-order chi connectivity index (χ0) is 4.83. The van der Waals surface area contributed by atoms with Crippen molar-refractivity contribution < 1.29 is 5.82 Å². The summed E-state index contributed by atoms with van der Waals surface area (Å²) in [5.74, 6) is 0. The molecule has 0 rings (SSSR count). The fourth-order valence-electron chi connectivity index (χ4n) is 0.344. The Kier molecular flexibility index (Phi) is 4.87. The van der Waals surface area contributed by atoms with Gasteiger partial charge in [-0.3, -0.25) is 4.39 Å². The molecule has 0 amide bonds. The predicted octanol–water partition coefficient (Wildman–Crippen LogP) is 2.26. The molecule has 0 nitrogen and oxygen atoms in total. The third-order valence-corrected chi connectivity index (χ3v) is 0.737. The molecule has 0 bridgehead atoms. The zero-order valence-electron chi connectivity index (χ0n) is 5.21. The summed E-state index contributed by atoms with van der Waals surface area (Å²) in [5, 5.41) is 0. The van der Waals surface area contributed by atoms with Crippen molar-refractivity contribution in [3.8, 4) is 0 Å². The molecule has 0 spiro atoms. The summed E-state index contributed by atoms with van der Waals surface area (Å²) in [6, 6.07) is 0. The second-order valence-electron chi connectivity index (χ2n) is 1.40. The van der Waals surface area contributed by atoms with E-state index >= 15 is 0 Å². The van der Waals surface area contributed by atoms with Gasteiger partial charge in [0.25, 0.3) is 0 Å². The Bertz CT molecular complexity index is 20.0. The van der Waals surface area contributed by atoms with Crippen LogP contribution in [0.1, 0.15) is 27.6 Å². The minimum atomic E-state index is -0.145. The van der Waals surface area contributed by atoms with E-state index in [2.05, 4.69) is 6.92 Å². The van der Waals surface area contributed by atoms with Gasteiger partial charge in [-0.05, 0) is 6.42 Å². The first kappa shape index (κ1) is 5.93. The highest BCUT2D eigenvalue weighted by Gasteiger charge is 1.78. The van der Waals surface area contributed by atoms with Gasteiger partial charge in [0.2, 0.25) is 0 Å². The van der Waals surface area contributed by atoms with Gasteiger partial charge in [0.15, 0.2) is 0 Å². The Morgan fingerprint density at radius 1 is 1.50 bits per heavy atom. The first-order valence-electron chi connectivity index (χ1n) is 2.47. The SMILES string of the molecule is CCCCCF.[H+]. The van der Waals surface area contributed by atoms with Gasteiger partial charge >= 0.3 is 1.43 Å². The molecule has 0 saturated carbocycles. The van der Waals surface area contributed by atoms with Crippen LogP contribution < -0.4 is 0 Å². The minimum absolute atomic E-state index is 0. The van der Waals surface area contributed by atoms with Crippen LogP contribution in [0.15, 0.2) is 0 Å². The Hall–Kier alpha value is -0.0700. The van der Waals surface area contributed by atoms with E-state index in [-0.39, 0.29) is 8.10 Å². The highest BCUT2D eigenvalue weighted by molar-refractivity contribution is 4.31. The lowest BCUT2D eigenvalue weighted by atomic mass is 10.3. The molecule has 38 valence electrons. The zero-order valence-corrected chi connectivity index (χ0v) is 4.21. The fraction of sp³-hybridized carbons (Fsp3) is 1.00. The molecular weight excluding hydrogens is 79.1 g/mol. The van der Waals surface area contributed by atoms with E-state index in [1.165, 1.54) is 0 Å². The molecule has 0 saturated heterocycles. The Labute approximate surface area is 39.8 Å². The molecular formula is C5H12F+. The third kappa shape index (κ3) is 3.93. The van der Waals surface area contributed by atoms with Crippen LogP contribution in [0.5, 0.6) is 0 Å². The second-order valence-corrected chi connectivity index (χ2v) is 1.40. The Balaban J connectivity index is 0. The van der Waals surface area contributed by atoms with Crippen molar-refractivity contribution in [3.05, 3.63) is 0 Å². The highest BCUT2D eigenvalue weighted by Crippen LogP contribution is 1.91. The molecule has 0 aliphatic heterocycles. The summed E-state index contributed by atoms with van der Waals surface area (Å²) < 4.78 is 11.2. The van der Waals surface area contributed by atoms with Crippen molar-refractivity contribution in [3.63, 3.8) is 0 Å². The average Bonchev–Trinajstić information content (AvgIpc) is 1.61. The van der Waals surface area contributed by atoms with Crippen molar-refractivity contribution >= 4 is 0 Å². The maximum absolute atomic E-state index is 11.2. The molecule has 0 unspecified atom stereocenters. The lowest BCUT2D eigenvalue weighted by Crippen LogP contribution is -1.72. The van der Waals surface area contributed by atoms with Gasteiger partial charge < -0.3 is 0 Å². The van der Waals surface area contributed by atoms with Crippen LogP contribution >= 0.6 is 0 Å². The topological polar surface area (TPSA) is 0 Å². The van der Waals surface area contributed by atoms with E-state index in [1.807, 2.05) is 0 Å². The monoisotopic (exact) mass is 91.1 g/mol. The van der Waals surface area contributed by atoms with Gasteiger partial charge in [0.1, 0.15) is 0 Å². The van der Waals surface area contributed by atoms with Crippen LogP contribution in [-0.4, -0.2) is 6.67 Å². The first-order chi connectivity index (χ1) is 2.91. The highest BCUT2D eigenvalue weighted by atomic mass is 19.1. The molecule has 0 aromatic rings. The van der Waals surface area contributed by atoms with Crippen LogP contribution in [-0.2, 0) is 0 Å². The van der Waals surface area contributed by atoms with Crippen molar-refractivity contribution in [1.82, 2.24) is 0 Å². The second kappa shape index (κ2) is 4.93. The number of halogens is 1. The van der Waals surface area contributed by atoms with E-state index in [0.717, 1.165) is 19.3 Å². The van der Waals surface area contributed by atoms with Crippen LogP contribution in [0.4, 0.5) is 4.39 Å². The van der Waals surface area contributed by atoms with Gasteiger partial charge in [-0.1, -0.05) is 19.8 Å². The van der Waals surface area contributed by atoms with Crippen LogP contribution in [0.3, 0.4) is 0 Å². The molecule has 0 aliphatic carbocycles. The quantitative estimate of drug-likeness (QED) is 0.467. The normalized spacial score (nSPS) is 9.00. The number of unbranched alkanes of at least 4 members (excludes halogenated alkanes) is 2. The predicted molar refractivity (Wildman–Crippen MR) is 26.6 cm³/mol. The Morgan fingerprint density at radius 3 is 2.33 bits per heavy atom. The largest absolute Gasteiger partial charge is 1.00 e. The van der Waals surface area contributed by atoms with E-state index < -0.39 is 0 Å². The maximum atomic E-state index is 11.2. The standard InChI is InChI=1S/C5H11F/c1-2-3-4-5-6/h2-5H2,1H3/p+1. The smallest absolute Gasteiger partial charge is 0.251 e. The molecule has 0 aliphatic rings. The number of rotatable bonds is 3. The molecule has 0 N–H and O–H groups in total. The first-order valence-corrected chi connectivity index (χ1v) is 2.47. The third-order valence-electron chi connectivity index (χ3n) is 0.737. The van der Waals surface area contributed by atoms with Gasteiger partial charge in [0, 0.05) is 0 Å². The van der Waals surface area contributed by atoms with Gasteiger partial charge in [0.05, 0.1) is 6.67 Å². The summed E-state index contributed by atoms with van der Waals surface area (Å²) in [7, 11) is 0. The van der Waals surface area contributed by atoms with Crippen LogP contribution in [0, 0.1) is 0 Å². The number of hydrogen-bond acceptors (Lipinski definition) is 0. The van der Waals surface area contributed by atoms with Crippen LogP contribution in [0.2, 0.25) is 0 Å². The average molecular weight is 91.1 g/mol. The molecule has 0 radical (unpaired) electrons. The van der Waals surface area contributed by atoms with E-state index in [4.69, 9.17) is 0 Å². The summed E-state index contributed by atoms with van der Waals surface area (Å²) in [6.07, 6.45) is 2.90. The summed E-state index contributed by atoms with van der Waals surface area (Å²) in [6.45, 7) is 1.92. The van der Waals surface area contributed by atoms with E-state index in [9.17, 15) is 4.39 Å². The molecule has 6 heavy (non-hydrogen) atoms. The molecule has 0 aromatic heterocycles. The molecule has 1 heteroatoms. The maximum Gasteiger partial charge on any atom is 1.00 e. The van der Waals surface area contributed by atoms with Crippen molar-refractivity contribution in [2.45, 2.75) is 26.2 Å². The summed E-state index contributed by atoms with van der Waals surface area (Å²) in [4.78, 5) is 0. The van der Waals surface area contributed by atoms with Gasteiger partial charge in [-0.25, -0.2) is 0 Å².